The molecule has 2 aromatic heterocycles. The molecule has 0 radical (unpaired) electrons. The van der Waals surface area contributed by atoms with Crippen molar-refractivity contribution in [3.05, 3.63) is 76.4 Å². The number of pyridine rings is 1. The average molecular weight is 461 g/mol. The monoisotopic (exact) mass is 460 g/mol. The summed E-state index contributed by atoms with van der Waals surface area (Å²) in [4.78, 5) is 33.9. The van der Waals surface area contributed by atoms with Gasteiger partial charge in [-0.2, -0.15) is 0 Å². The topological polar surface area (TPSA) is 88.3 Å². The largest absolute Gasteiger partial charge is 0.361 e. The van der Waals surface area contributed by atoms with Gasteiger partial charge in [0.2, 0.25) is 5.91 Å². The summed E-state index contributed by atoms with van der Waals surface area (Å²) in [5.74, 6) is -0.103. The molecular weight excluding hydrogens is 428 g/mol. The number of nitrogens with one attached hydrogen (secondary N) is 1. The van der Waals surface area contributed by atoms with E-state index in [-0.39, 0.29) is 17.9 Å². The zero-order valence-corrected chi connectivity index (χ0v) is 20.3. The van der Waals surface area contributed by atoms with Crippen LogP contribution in [-0.4, -0.2) is 28.0 Å². The lowest BCUT2D eigenvalue weighted by Gasteiger charge is -2.34. The van der Waals surface area contributed by atoms with Crippen molar-refractivity contribution in [3.8, 4) is 0 Å². The van der Waals surface area contributed by atoms with Gasteiger partial charge < -0.3 is 9.84 Å². The molecule has 0 saturated heterocycles. The average Bonchev–Trinajstić information content (AvgIpc) is 3.18. The van der Waals surface area contributed by atoms with Gasteiger partial charge in [0.05, 0.1) is 5.69 Å². The lowest BCUT2D eigenvalue weighted by Crippen LogP contribution is -2.47. The molecule has 2 heterocycles. The van der Waals surface area contributed by atoms with Crippen LogP contribution in [0.5, 0.6) is 0 Å². The minimum Gasteiger partial charge on any atom is -0.361 e. The van der Waals surface area contributed by atoms with Crippen molar-refractivity contribution in [1.82, 2.24) is 15.5 Å². The zero-order valence-electron chi connectivity index (χ0n) is 20.3. The lowest BCUT2D eigenvalue weighted by molar-refractivity contribution is -0.123. The van der Waals surface area contributed by atoms with E-state index in [2.05, 4.69) is 15.5 Å². The number of benzene rings is 1. The second-order valence-corrected chi connectivity index (χ2v) is 9.13. The van der Waals surface area contributed by atoms with Gasteiger partial charge in [-0.1, -0.05) is 42.6 Å². The maximum atomic E-state index is 14.1. The number of carbonyl (C=O) groups excluding carboxylic acids is 2. The van der Waals surface area contributed by atoms with E-state index < -0.39 is 6.04 Å². The Morgan fingerprint density at radius 1 is 1.06 bits per heavy atom. The van der Waals surface area contributed by atoms with E-state index in [1.165, 1.54) is 6.42 Å². The van der Waals surface area contributed by atoms with Crippen LogP contribution < -0.4 is 10.2 Å². The summed E-state index contributed by atoms with van der Waals surface area (Å²) in [5, 5.41) is 7.22. The quantitative estimate of drug-likeness (QED) is 0.550. The Morgan fingerprint density at radius 2 is 1.82 bits per heavy atom. The molecule has 34 heavy (non-hydrogen) atoms. The Balaban J connectivity index is 1.86. The highest BCUT2D eigenvalue weighted by atomic mass is 16.5. The number of aromatic nitrogens is 2. The number of nitrogens with zero attached hydrogens (tertiary/aromatic N) is 3. The molecule has 1 unspecified atom stereocenters. The van der Waals surface area contributed by atoms with Crippen molar-refractivity contribution in [2.75, 3.05) is 4.90 Å². The van der Waals surface area contributed by atoms with Crippen LogP contribution in [0.15, 0.2) is 47.2 Å². The fourth-order valence-electron chi connectivity index (χ4n) is 4.75. The van der Waals surface area contributed by atoms with E-state index in [9.17, 15) is 9.59 Å². The van der Waals surface area contributed by atoms with Gasteiger partial charge in [-0.15, -0.1) is 0 Å². The molecule has 7 heteroatoms. The Hall–Kier alpha value is -3.48. The molecule has 1 N–H and O–H groups in total. The number of carbonyl (C=O) groups is 2. The third-order valence-corrected chi connectivity index (χ3v) is 6.76. The predicted octanol–water partition coefficient (Wildman–Crippen LogP) is 5.14. The van der Waals surface area contributed by atoms with Gasteiger partial charge in [0.25, 0.3) is 5.91 Å². The van der Waals surface area contributed by atoms with Crippen LogP contribution in [0.4, 0.5) is 5.69 Å². The number of rotatable bonds is 6. The predicted molar refractivity (Wildman–Crippen MR) is 131 cm³/mol. The third kappa shape index (κ3) is 4.74. The van der Waals surface area contributed by atoms with Crippen LogP contribution in [0.3, 0.4) is 0 Å². The maximum Gasteiger partial charge on any atom is 0.264 e. The van der Waals surface area contributed by atoms with Crippen LogP contribution in [0, 0.1) is 27.7 Å². The van der Waals surface area contributed by atoms with Crippen molar-refractivity contribution in [2.45, 2.75) is 71.9 Å². The Labute approximate surface area is 200 Å². The second kappa shape index (κ2) is 10.2. The van der Waals surface area contributed by atoms with E-state index >= 15 is 0 Å². The van der Waals surface area contributed by atoms with Crippen LogP contribution in [0.25, 0.3) is 0 Å². The third-order valence-electron chi connectivity index (χ3n) is 6.76. The highest BCUT2D eigenvalue weighted by Gasteiger charge is 2.37. The number of amides is 2. The molecule has 1 atom stereocenters. The summed E-state index contributed by atoms with van der Waals surface area (Å²) in [6.45, 7) is 7.43. The van der Waals surface area contributed by atoms with Gasteiger partial charge in [0.15, 0.2) is 0 Å². The van der Waals surface area contributed by atoms with Gasteiger partial charge in [0, 0.05) is 29.7 Å². The summed E-state index contributed by atoms with van der Waals surface area (Å²) in [6.07, 6.45) is 8.61. The van der Waals surface area contributed by atoms with E-state index in [0.717, 1.165) is 36.8 Å². The van der Waals surface area contributed by atoms with Crippen molar-refractivity contribution >= 4 is 17.5 Å². The number of aryl methyl sites for hydroxylation is 3. The highest BCUT2D eigenvalue weighted by molar-refractivity contribution is 6.11. The van der Waals surface area contributed by atoms with Gasteiger partial charge >= 0.3 is 0 Å². The highest BCUT2D eigenvalue weighted by Crippen LogP contribution is 2.34. The summed E-state index contributed by atoms with van der Waals surface area (Å²) in [6, 6.07) is 8.64. The molecule has 178 valence electrons. The molecule has 1 fully saturated rings. The van der Waals surface area contributed by atoms with Gasteiger partial charge in [-0.25, -0.2) is 0 Å². The molecule has 1 aliphatic rings. The van der Waals surface area contributed by atoms with Crippen LogP contribution in [0.2, 0.25) is 0 Å². The Morgan fingerprint density at radius 3 is 2.47 bits per heavy atom. The molecule has 1 aliphatic carbocycles. The van der Waals surface area contributed by atoms with Crippen molar-refractivity contribution in [2.24, 2.45) is 0 Å². The first-order valence-electron chi connectivity index (χ1n) is 11.9. The van der Waals surface area contributed by atoms with Crippen LogP contribution in [-0.2, 0) is 4.79 Å². The van der Waals surface area contributed by atoms with Crippen LogP contribution >= 0.6 is 0 Å². The minimum atomic E-state index is -0.891. The molecule has 1 saturated carbocycles. The first-order chi connectivity index (χ1) is 16.4. The molecule has 7 nitrogen and oxygen atoms in total. The molecule has 0 spiro atoms. The Kier molecular flexibility index (Phi) is 7.10. The molecule has 0 aliphatic heterocycles. The summed E-state index contributed by atoms with van der Waals surface area (Å²) < 4.78 is 5.31. The van der Waals surface area contributed by atoms with Crippen molar-refractivity contribution < 1.29 is 14.1 Å². The standard InChI is InChI=1S/C27H32N4O3/c1-17-10-8-14-23(18(17)2)31(27(33)24-19(3)30-34-20(24)4)25(21-11-9-15-28-16-21)26(32)29-22-12-6-5-7-13-22/h8-11,14-16,22,25H,5-7,12-13H2,1-4H3,(H,29,32). The molecular formula is C27H32N4O3. The summed E-state index contributed by atoms with van der Waals surface area (Å²) in [5.41, 5.74) is 4.17. The van der Waals surface area contributed by atoms with Crippen molar-refractivity contribution in [1.29, 1.82) is 0 Å². The molecule has 2 amide bonds. The normalized spacial score (nSPS) is 15.1. The first kappa shape index (κ1) is 23.7. The van der Waals surface area contributed by atoms with E-state index in [4.69, 9.17) is 4.52 Å². The first-order valence-corrected chi connectivity index (χ1v) is 11.9. The fraction of sp³-hybridized carbons (Fsp3) is 0.407. The summed E-state index contributed by atoms with van der Waals surface area (Å²) in [7, 11) is 0. The SMILES string of the molecule is Cc1cccc(N(C(=O)c2c(C)noc2C)C(C(=O)NC2CCCCC2)c2cccnc2)c1C. The molecule has 1 aromatic carbocycles. The second-order valence-electron chi connectivity index (χ2n) is 9.13. The number of hydrogen-bond acceptors (Lipinski definition) is 5. The Bertz CT molecular complexity index is 1150. The molecule has 0 bridgehead atoms. The van der Waals surface area contributed by atoms with Crippen LogP contribution in [0.1, 0.15) is 76.6 Å². The van der Waals surface area contributed by atoms with E-state index in [1.54, 1.807) is 37.2 Å². The lowest BCUT2D eigenvalue weighted by atomic mass is 9.94. The van der Waals surface area contributed by atoms with E-state index in [0.29, 0.717) is 28.3 Å². The van der Waals surface area contributed by atoms with Crippen molar-refractivity contribution in [3.63, 3.8) is 0 Å². The molecule has 4 rings (SSSR count). The summed E-state index contributed by atoms with van der Waals surface area (Å²) >= 11 is 0. The van der Waals surface area contributed by atoms with Gasteiger partial charge in [0.1, 0.15) is 17.4 Å². The maximum absolute atomic E-state index is 14.1. The minimum absolute atomic E-state index is 0.107. The number of anilines is 1. The van der Waals surface area contributed by atoms with Gasteiger partial charge in [-0.3, -0.25) is 19.5 Å². The smallest absolute Gasteiger partial charge is 0.264 e. The zero-order chi connectivity index (χ0) is 24.2. The fourth-order valence-corrected chi connectivity index (χ4v) is 4.75. The van der Waals surface area contributed by atoms with E-state index in [1.807, 2.05) is 38.1 Å². The molecule has 3 aromatic rings. The number of hydrogen-bond donors (Lipinski definition) is 1. The van der Waals surface area contributed by atoms with Gasteiger partial charge in [-0.05, 0) is 63.8 Å².